The first-order valence-electron chi connectivity index (χ1n) is 7.00. The van der Waals surface area contributed by atoms with E-state index in [-0.39, 0.29) is 5.91 Å². The summed E-state index contributed by atoms with van der Waals surface area (Å²) >= 11 is 1.40. The zero-order valence-electron chi connectivity index (χ0n) is 11.3. The second kappa shape index (κ2) is 5.92. The van der Waals surface area contributed by atoms with Gasteiger partial charge in [0.15, 0.2) is 0 Å². The molecule has 5 nitrogen and oxygen atoms in total. The van der Waals surface area contributed by atoms with E-state index in [4.69, 9.17) is 5.26 Å². The highest BCUT2D eigenvalue weighted by Crippen LogP contribution is 2.26. The van der Waals surface area contributed by atoms with Crippen LogP contribution in [0.5, 0.6) is 0 Å². The van der Waals surface area contributed by atoms with Crippen molar-refractivity contribution in [1.82, 2.24) is 10.2 Å². The fourth-order valence-electron chi connectivity index (χ4n) is 3.20. The van der Waals surface area contributed by atoms with Gasteiger partial charge in [-0.3, -0.25) is 9.69 Å². The molecule has 0 spiro atoms. The van der Waals surface area contributed by atoms with Crippen LogP contribution in [0.15, 0.2) is 11.4 Å². The maximum atomic E-state index is 12.2. The Labute approximate surface area is 122 Å². The van der Waals surface area contributed by atoms with Crippen LogP contribution in [0, 0.1) is 17.2 Å². The quantitative estimate of drug-likeness (QED) is 0.879. The summed E-state index contributed by atoms with van der Waals surface area (Å²) in [4.78, 5) is 14.4. The van der Waals surface area contributed by atoms with Crippen molar-refractivity contribution in [2.75, 3.05) is 31.5 Å². The minimum absolute atomic E-state index is 0.0171. The molecule has 3 heterocycles. The number of carbonyl (C=O) groups is 1. The number of hydrogen-bond acceptors (Lipinski definition) is 5. The third-order valence-electron chi connectivity index (χ3n) is 4.18. The molecule has 20 heavy (non-hydrogen) atoms. The number of anilines is 1. The lowest BCUT2D eigenvalue weighted by molar-refractivity contribution is -0.118. The van der Waals surface area contributed by atoms with Gasteiger partial charge < -0.3 is 10.6 Å². The van der Waals surface area contributed by atoms with Gasteiger partial charge in [0.2, 0.25) is 5.91 Å². The SMILES string of the molecule is N#Cc1ccsc1NC(=O)CN1CCCC2CNCC21. The molecule has 2 aliphatic heterocycles. The highest BCUT2D eigenvalue weighted by atomic mass is 32.1. The van der Waals surface area contributed by atoms with Crippen LogP contribution < -0.4 is 10.6 Å². The topological polar surface area (TPSA) is 68.2 Å². The molecule has 0 aliphatic carbocycles. The van der Waals surface area contributed by atoms with Crippen LogP contribution >= 0.6 is 11.3 Å². The van der Waals surface area contributed by atoms with Crippen LogP contribution in [0.1, 0.15) is 18.4 Å². The lowest BCUT2D eigenvalue weighted by Gasteiger charge is -2.36. The molecule has 2 unspecified atom stereocenters. The van der Waals surface area contributed by atoms with Crippen LogP contribution in [0.25, 0.3) is 0 Å². The summed E-state index contributed by atoms with van der Waals surface area (Å²) in [5, 5.41) is 17.7. The largest absolute Gasteiger partial charge is 0.315 e. The minimum Gasteiger partial charge on any atom is -0.315 e. The molecule has 2 saturated heterocycles. The summed E-state index contributed by atoms with van der Waals surface area (Å²) in [6, 6.07) is 4.32. The molecule has 1 aromatic heterocycles. The van der Waals surface area contributed by atoms with Gasteiger partial charge in [-0.1, -0.05) is 0 Å². The van der Waals surface area contributed by atoms with Gasteiger partial charge in [0.05, 0.1) is 12.1 Å². The number of rotatable bonds is 3. The number of piperidine rings is 1. The van der Waals surface area contributed by atoms with Crippen molar-refractivity contribution >= 4 is 22.2 Å². The number of nitrogens with zero attached hydrogens (tertiary/aromatic N) is 2. The molecule has 3 rings (SSSR count). The van der Waals surface area contributed by atoms with Gasteiger partial charge in [0.25, 0.3) is 0 Å². The standard InChI is InChI=1S/C14H18N4OS/c15-6-10-3-5-20-14(10)17-13(19)9-18-4-1-2-11-7-16-8-12(11)18/h3,5,11-12,16H,1-2,4,7-9H2,(H,17,19). The molecule has 2 aliphatic rings. The van der Waals surface area contributed by atoms with E-state index < -0.39 is 0 Å². The fourth-order valence-corrected chi connectivity index (χ4v) is 3.96. The molecule has 0 saturated carbocycles. The van der Waals surface area contributed by atoms with Crippen molar-refractivity contribution in [3.05, 3.63) is 17.0 Å². The van der Waals surface area contributed by atoms with Crippen molar-refractivity contribution in [2.45, 2.75) is 18.9 Å². The lowest BCUT2D eigenvalue weighted by atomic mass is 9.92. The molecular weight excluding hydrogens is 272 g/mol. The Morgan fingerprint density at radius 1 is 1.60 bits per heavy atom. The fraction of sp³-hybridized carbons (Fsp3) is 0.571. The van der Waals surface area contributed by atoms with E-state index in [0.29, 0.717) is 29.1 Å². The van der Waals surface area contributed by atoms with Crippen LogP contribution in [0.4, 0.5) is 5.00 Å². The zero-order chi connectivity index (χ0) is 13.9. The van der Waals surface area contributed by atoms with Crippen LogP contribution in [0.2, 0.25) is 0 Å². The van der Waals surface area contributed by atoms with Gasteiger partial charge in [-0.25, -0.2) is 0 Å². The zero-order valence-corrected chi connectivity index (χ0v) is 12.1. The number of nitrogens with one attached hydrogen (secondary N) is 2. The molecule has 0 aromatic carbocycles. The summed E-state index contributed by atoms with van der Waals surface area (Å²) in [6.07, 6.45) is 2.43. The molecule has 2 N–H and O–H groups in total. The monoisotopic (exact) mass is 290 g/mol. The van der Waals surface area contributed by atoms with Crippen LogP contribution in [-0.2, 0) is 4.79 Å². The summed E-state index contributed by atoms with van der Waals surface area (Å²) in [5.41, 5.74) is 0.544. The van der Waals surface area contributed by atoms with Gasteiger partial charge in [0, 0.05) is 12.6 Å². The Kier molecular flexibility index (Phi) is 4.01. The Morgan fingerprint density at radius 3 is 3.35 bits per heavy atom. The second-order valence-corrected chi connectivity index (χ2v) is 6.34. The molecule has 6 heteroatoms. The van der Waals surface area contributed by atoms with Crippen molar-refractivity contribution in [1.29, 1.82) is 5.26 Å². The van der Waals surface area contributed by atoms with E-state index in [1.165, 1.54) is 24.2 Å². The average Bonchev–Trinajstić information content (AvgIpc) is 3.07. The summed E-state index contributed by atoms with van der Waals surface area (Å²) in [5.74, 6) is 0.671. The highest BCUT2D eigenvalue weighted by Gasteiger charge is 2.35. The number of likely N-dealkylation sites (tertiary alicyclic amines) is 1. The molecule has 0 bridgehead atoms. The molecular formula is C14H18N4OS. The Hall–Kier alpha value is -1.42. The lowest BCUT2D eigenvalue weighted by Crippen LogP contribution is -2.48. The molecule has 106 valence electrons. The average molecular weight is 290 g/mol. The first-order valence-corrected chi connectivity index (χ1v) is 7.88. The van der Waals surface area contributed by atoms with E-state index in [2.05, 4.69) is 21.6 Å². The van der Waals surface area contributed by atoms with E-state index in [0.717, 1.165) is 19.6 Å². The molecule has 0 radical (unpaired) electrons. The first kappa shape index (κ1) is 13.6. The minimum atomic E-state index is -0.0171. The van der Waals surface area contributed by atoms with Crippen LogP contribution in [0.3, 0.4) is 0 Å². The molecule has 2 atom stereocenters. The second-order valence-electron chi connectivity index (χ2n) is 5.42. The molecule has 2 fully saturated rings. The maximum absolute atomic E-state index is 12.2. The van der Waals surface area contributed by atoms with Crippen molar-refractivity contribution in [3.8, 4) is 6.07 Å². The summed E-state index contributed by atoms with van der Waals surface area (Å²) in [6.45, 7) is 3.48. The summed E-state index contributed by atoms with van der Waals surface area (Å²) in [7, 11) is 0. The normalized spacial score (nSPS) is 25.9. The van der Waals surface area contributed by atoms with Crippen molar-refractivity contribution in [3.63, 3.8) is 0 Å². The number of amides is 1. The van der Waals surface area contributed by atoms with Crippen molar-refractivity contribution in [2.24, 2.45) is 5.92 Å². The smallest absolute Gasteiger partial charge is 0.239 e. The summed E-state index contributed by atoms with van der Waals surface area (Å²) < 4.78 is 0. The van der Waals surface area contributed by atoms with E-state index in [1.54, 1.807) is 6.07 Å². The highest BCUT2D eigenvalue weighted by molar-refractivity contribution is 7.14. The van der Waals surface area contributed by atoms with E-state index in [9.17, 15) is 4.79 Å². The predicted molar refractivity (Wildman–Crippen MR) is 78.6 cm³/mol. The number of thiophene rings is 1. The van der Waals surface area contributed by atoms with E-state index >= 15 is 0 Å². The van der Waals surface area contributed by atoms with Crippen molar-refractivity contribution < 1.29 is 4.79 Å². The maximum Gasteiger partial charge on any atom is 0.239 e. The molecule has 1 aromatic rings. The Balaban J connectivity index is 1.60. The third kappa shape index (κ3) is 2.70. The van der Waals surface area contributed by atoms with Gasteiger partial charge in [-0.15, -0.1) is 11.3 Å². The van der Waals surface area contributed by atoms with Crippen LogP contribution in [-0.4, -0.2) is 43.0 Å². The third-order valence-corrected chi connectivity index (χ3v) is 5.01. The van der Waals surface area contributed by atoms with Gasteiger partial charge in [-0.05, 0) is 43.3 Å². The number of nitriles is 1. The first-order chi connectivity index (χ1) is 9.78. The van der Waals surface area contributed by atoms with Gasteiger partial charge >= 0.3 is 0 Å². The van der Waals surface area contributed by atoms with Gasteiger partial charge in [-0.2, -0.15) is 5.26 Å². The number of carbonyl (C=O) groups excluding carboxylic acids is 1. The van der Waals surface area contributed by atoms with Gasteiger partial charge in [0.1, 0.15) is 11.1 Å². The van der Waals surface area contributed by atoms with E-state index in [1.807, 2.05) is 5.38 Å². The number of fused-ring (bicyclic) bond motifs is 1. The Bertz CT molecular complexity index is 536. The predicted octanol–water partition coefficient (Wildman–Crippen LogP) is 1.24. The molecule has 1 amide bonds. The number of hydrogen-bond donors (Lipinski definition) is 2. The Morgan fingerprint density at radius 2 is 2.50 bits per heavy atom.